The van der Waals surface area contributed by atoms with Gasteiger partial charge in [0.25, 0.3) is 0 Å². The van der Waals surface area contributed by atoms with Crippen LogP contribution in [0.1, 0.15) is 161 Å². The van der Waals surface area contributed by atoms with E-state index in [2.05, 4.69) is 160 Å². The van der Waals surface area contributed by atoms with Crippen LogP contribution in [-0.2, 0) is 48.0 Å². The molecule has 2 aromatic rings. The number of hydrogen-bond acceptors (Lipinski definition) is 8. The van der Waals surface area contributed by atoms with Crippen LogP contribution in [-0.4, -0.2) is 71.4 Å². The Morgan fingerprint density at radius 1 is 0.452 bits per heavy atom. The monoisotopic (exact) mass is 955 g/mol. The third-order valence-corrected chi connectivity index (χ3v) is 25.6. The maximum absolute atomic E-state index is 6.79. The molecule has 7 rings (SSSR count). The third-order valence-electron chi connectivity index (χ3n) is 16.0. The molecule has 3 heterocycles. The molecule has 62 heavy (non-hydrogen) atoms. The van der Waals surface area contributed by atoms with Crippen LogP contribution in [0.4, 0.5) is 0 Å². The first-order chi connectivity index (χ1) is 27.7. The van der Waals surface area contributed by atoms with Crippen LogP contribution in [0.25, 0.3) is 0 Å². The summed E-state index contributed by atoms with van der Waals surface area (Å²) in [5.41, 5.74) is 1.61. The summed E-state index contributed by atoms with van der Waals surface area (Å²) in [6.45, 7) is 47.7. The van der Waals surface area contributed by atoms with Crippen LogP contribution < -0.4 is 5.46 Å². The SMILES string of the molecule is CC(C)(C)[Si](C)(C)OC1(c2ccc(Br)cc2)CC1.CC1(C)OB(B2OC(C)(C)C(C)(C)O2)OC1(C)C.CC1(C)OB(c2ccc(C3(O[Si](C)(C)C(C)(C)C)CC3)cc2)OC1(C)C. The average Bonchev–Trinajstić information content (AvgIpc) is 4.00. The average molecular weight is 956 g/mol. The lowest BCUT2D eigenvalue weighted by Gasteiger charge is -2.39. The van der Waals surface area contributed by atoms with E-state index in [1.807, 2.05) is 55.4 Å². The van der Waals surface area contributed by atoms with Crippen LogP contribution >= 0.6 is 15.9 Å². The molecule has 0 unspecified atom stereocenters. The molecule has 0 radical (unpaired) electrons. The Kier molecular flexibility index (Phi) is 14.1. The fraction of sp³-hybridized carbons (Fsp3) is 0.750. The van der Waals surface area contributed by atoms with Crippen molar-refractivity contribution < 1.29 is 36.8 Å². The summed E-state index contributed by atoms with van der Waals surface area (Å²) in [6.07, 6.45) is 4.58. The molecule has 0 N–H and O–H groups in total. The van der Waals surface area contributed by atoms with E-state index in [1.165, 1.54) is 24.0 Å². The molecule has 5 fully saturated rings. The van der Waals surface area contributed by atoms with Gasteiger partial charge in [-0.05, 0) is 174 Å². The first kappa shape index (κ1) is 52.2. The standard InChI is InChI=1S/C21H35BO3Si.C15H23BrOSi.C12H24B2O4/c1-18(2,3)26(8,9)25-21(14-15-21)16-10-12-17(13-11-16)22-23-19(4,5)20(6,7)24-22;1-14(2,3)18(4,5)17-15(10-11-15)12-6-8-13(16)9-7-12;1-9(2)10(3,4)16-13(15-9)14-17-11(5,6)12(7,8)18-14/h10-13H,14-15H2,1-9H3;6-9H,10-11H2,1-5H3;1-8H3. The van der Waals surface area contributed by atoms with Gasteiger partial charge in [0.2, 0.25) is 0 Å². The normalized spacial score (nSPS) is 24.8. The Bertz CT molecular complexity index is 1790. The summed E-state index contributed by atoms with van der Waals surface area (Å²) in [6, 6.07) is 17.3. The van der Waals surface area contributed by atoms with E-state index in [0.29, 0.717) is 0 Å². The lowest BCUT2D eigenvalue weighted by atomic mass is 9.49. The van der Waals surface area contributed by atoms with Crippen LogP contribution in [0.5, 0.6) is 0 Å². The van der Waals surface area contributed by atoms with E-state index in [4.69, 9.17) is 36.8 Å². The zero-order valence-electron chi connectivity index (χ0n) is 42.8. The Hall–Kier alpha value is -0.771. The fourth-order valence-electron chi connectivity index (χ4n) is 7.09. The molecule has 0 amide bonds. The minimum Gasteiger partial charge on any atom is -0.407 e. The van der Waals surface area contributed by atoms with Gasteiger partial charge in [-0.2, -0.15) is 0 Å². The van der Waals surface area contributed by atoms with E-state index < -0.39 is 30.7 Å². The molecule has 3 aliphatic heterocycles. The second-order valence-corrected chi connectivity index (χ2v) is 35.0. The molecule has 0 spiro atoms. The zero-order valence-corrected chi connectivity index (χ0v) is 46.4. The van der Waals surface area contributed by atoms with Crippen molar-refractivity contribution in [3.8, 4) is 0 Å². The highest BCUT2D eigenvalue weighted by atomic mass is 79.9. The van der Waals surface area contributed by atoms with Gasteiger partial charge in [-0.1, -0.05) is 93.9 Å². The summed E-state index contributed by atoms with van der Waals surface area (Å²) in [7, 11) is -4.73. The lowest BCUT2D eigenvalue weighted by molar-refractivity contribution is 0.00578. The van der Waals surface area contributed by atoms with Gasteiger partial charge in [-0.15, -0.1) is 0 Å². The van der Waals surface area contributed by atoms with Gasteiger partial charge in [0.05, 0.1) is 44.8 Å². The highest BCUT2D eigenvalue weighted by Crippen LogP contribution is 2.55. The molecular weight excluding hydrogens is 873 g/mol. The van der Waals surface area contributed by atoms with Gasteiger partial charge in [0, 0.05) is 4.47 Å². The third kappa shape index (κ3) is 10.8. The zero-order chi connectivity index (χ0) is 47.2. The van der Waals surface area contributed by atoms with Gasteiger partial charge < -0.3 is 36.8 Å². The van der Waals surface area contributed by atoms with Gasteiger partial charge in [-0.25, -0.2) is 0 Å². The Balaban J connectivity index is 0.000000181. The molecule has 2 saturated carbocycles. The molecule has 2 aliphatic carbocycles. The highest BCUT2D eigenvalue weighted by molar-refractivity contribution is 9.10. The molecular formula is C48H82B3BrO8Si2. The molecule has 3 saturated heterocycles. The van der Waals surface area contributed by atoms with Crippen LogP contribution in [0.2, 0.25) is 36.3 Å². The Morgan fingerprint density at radius 2 is 0.710 bits per heavy atom. The van der Waals surface area contributed by atoms with E-state index in [9.17, 15) is 0 Å². The maximum Gasteiger partial charge on any atom is 0.494 e. The largest absolute Gasteiger partial charge is 0.494 e. The first-order valence-corrected chi connectivity index (χ1v) is 29.7. The van der Waals surface area contributed by atoms with E-state index in [0.717, 1.165) is 22.8 Å². The Morgan fingerprint density at radius 3 is 0.968 bits per heavy atom. The summed E-state index contributed by atoms with van der Waals surface area (Å²) >= 11 is 3.49. The molecule has 8 nitrogen and oxygen atoms in total. The number of benzene rings is 2. The van der Waals surface area contributed by atoms with Gasteiger partial charge in [0.15, 0.2) is 16.6 Å². The van der Waals surface area contributed by atoms with Crippen molar-refractivity contribution in [2.45, 2.75) is 231 Å². The molecule has 0 atom stereocenters. The number of hydrogen-bond donors (Lipinski definition) is 0. The summed E-state index contributed by atoms with van der Waals surface area (Å²) in [5.74, 6) is 0. The van der Waals surface area contributed by atoms with Crippen LogP contribution in [0.15, 0.2) is 53.0 Å². The van der Waals surface area contributed by atoms with Crippen molar-refractivity contribution in [2.75, 3.05) is 0 Å². The maximum atomic E-state index is 6.79. The Labute approximate surface area is 389 Å². The second-order valence-electron chi connectivity index (χ2n) is 24.7. The quantitative estimate of drug-likeness (QED) is 0.242. The molecule has 346 valence electrons. The van der Waals surface area contributed by atoms with Gasteiger partial charge >= 0.3 is 21.1 Å². The van der Waals surface area contributed by atoms with Gasteiger partial charge in [0.1, 0.15) is 0 Å². The molecule has 0 aromatic heterocycles. The minimum atomic E-state index is -1.79. The van der Waals surface area contributed by atoms with Crippen LogP contribution in [0, 0.1) is 0 Å². The molecule has 2 aromatic carbocycles. The van der Waals surface area contributed by atoms with E-state index in [1.54, 1.807) is 0 Å². The molecule has 0 bridgehead atoms. The summed E-state index contributed by atoms with van der Waals surface area (Å²) < 4.78 is 50.8. The van der Waals surface area contributed by atoms with E-state index in [-0.39, 0.29) is 62.0 Å². The van der Waals surface area contributed by atoms with Crippen molar-refractivity contribution in [1.29, 1.82) is 0 Å². The van der Waals surface area contributed by atoms with Crippen molar-refractivity contribution >= 4 is 59.2 Å². The summed E-state index contributed by atoms with van der Waals surface area (Å²) in [5, 5.41) is 0.503. The highest BCUT2D eigenvalue weighted by Gasteiger charge is 2.64. The van der Waals surface area contributed by atoms with Crippen LogP contribution in [0.3, 0.4) is 0 Å². The van der Waals surface area contributed by atoms with Crippen molar-refractivity contribution in [2.24, 2.45) is 0 Å². The second kappa shape index (κ2) is 16.8. The smallest absolute Gasteiger partial charge is 0.407 e. The number of halogens is 1. The van der Waals surface area contributed by atoms with E-state index >= 15 is 0 Å². The number of rotatable bonds is 8. The summed E-state index contributed by atoms with van der Waals surface area (Å²) in [4.78, 5) is 0. The predicted molar refractivity (Wildman–Crippen MR) is 267 cm³/mol. The van der Waals surface area contributed by atoms with Crippen molar-refractivity contribution in [1.82, 2.24) is 0 Å². The molecule has 5 aliphatic rings. The van der Waals surface area contributed by atoms with Crippen molar-refractivity contribution in [3.63, 3.8) is 0 Å². The lowest BCUT2D eigenvalue weighted by Crippen LogP contribution is -2.44. The molecule has 14 heteroatoms. The first-order valence-electron chi connectivity index (χ1n) is 23.1. The van der Waals surface area contributed by atoms with Crippen molar-refractivity contribution in [3.05, 3.63) is 64.1 Å². The topological polar surface area (TPSA) is 73.8 Å². The van der Waals surface area contributed by atoms with Gasteiger partial charge in [-0.3, -0.25) is 0 Å². The fourth-order valence-corrected chi connectivity index (χ4v) is 10.6. The predicted octanol–water partition coefficient (Wildman–Crippen LogP) is 12.7. The minimum absolute atomic E-state index is 0.0176.